The molecule has 0 radical (unpaired) electrons. The number of likely N-dealkylation sites (N-methyl/N-ethyl adjacent to an activating group) is 2. The first kappa shape index (κ1) is 53.2. The number of aliphatic carboxylic acids is 1. The summed E-state index contributed by atoms with van der Waals surface area (Å²) in [4.78, 5) is 111. The molecule has 1 heterocycles. The van der Waals surface area contributed by atoms with Crippen LogP contribution in [0.15, 0.2) is 84.9 Å². The summed E-state index contributed by atoms with van der Waals surface area (Å²) in [6.45, 7) is 4.61. The Morgan fingerprint density at radius 2 is 1.41 bits per heavy atom. The second-order valence-electron chi connectivity index (χ2n) is 18.1. The van der Waals surface area contributed by atoms with Crippen molar-refractivity contribution in [2.45, 2.75) is 96.7 Å². The number of phenols is 2. The van der Waals surface area contributed by atoms with Crippen molar-refractivity contribution in [3.05, 3.63) is 107 Å². The van der Waals surface area contributed by atoms with Crippen LogP contribution in [0, 0.1) is 17.8 Å². The first-order valence-corrected chi connectivity index (χ1v) is 23.4. The van der Waals surface area contributed by atoms with E-state index in [0.29, 0.717) is 35.5 Å². The summed E-state index contributed by atoms with van der Waals surface area (Å²) in [5, 5.41) is 35.0. The van der Waals surface area contributed by atoms with Crippen molar-refractivity contribution < 1.29 is 53.7 Å². The molecule has 0 spiro atoms. The lowest BCUT2D eigenvalue weighted by molar-refractivity contribution is -0.144. The van der Waals surface area contributed by atoms with E-state index < -0.39 is 83.3 Å². The summed E-state index contributed by atoms with van der Waals surface area (Å²) in [5.74, 6) is -8.12. The SMILES string of the molecule is CC(=O)[C@H](CCC(=O)O)N(C)C(=O)[C@H](C)CC(=O)[C@@H]1Cc2ccc(O)c(c2)-c2cc(ccc2O)[C@H](N(C)C(=O)[C@H](CCCCN)CC(=O)c2ccc(-c3ccc(Cl)cc3)cc2)C(=O)C[C@@H](C)C(=O)N1. The lowest BCUT2D eigenvalue weighted by Crippen LogP contribution is -2.48. The molecule has 0 aromatic heterocycles. The van der Waals surface area contributed by atoms with Gasteiger partial charge in [0.05, 0.1) is 12.1 Å². The fourth-order valence-corrected chi connectivity index (χ4v) is 8.98. The Hall–Kier alpha value is -6.71. The van der Waals surface area contributed by atoms with Gasteiger partial charge in [0, 0.05) is 79.2 Å². The average molecular weight is 966 g/mol. The van der Waals surface area contributed by atoms with Crippen LogP contribution in [-0.4, -0.2) is 105 Å². The zero-order chi connectivity index (χ0) is 50.7. The molecule has 69 heavy (non-hydrogen) atoms. The van der Waals surface area contributed by atoms with E-state index in [4.69, 9.17) is 17.3 Å². The molecule has 6 N–H and O–H groups in total. The number of nitrogens with one attached hydrogen (secondary N) is 1. The molecule has 366 valence electrons. The number of carbonyl (C=O) groups excluding carboxylic acids is 7. The van der Waals surface area contributed by atoms with E-state index in [1.54, 1.807) is 30.3 Å². The van der Waals surface area contributed by atoms with Crippen LogP contribution in [0.3, 0.4) is 0 Å². The third kappa shape index (κ3) is 13.7. The zero-order valence-corrected chi connectivity index (χ0v) is 40.3. The number of fused-ring (bicyclic) bond motifs is 5. The maximum absolute atomic E-state index is 14.7. The van der Waals surface area contributed by atoms with Crippen LogP contribution < -0.4 is 11.1 Å². The summed E-state index contributed by atoms with van der Waals surface area (Å²) < 4.78 is 0. The molecule has 3 amide bonds. The Morgan fingerprint density at radius 3 is 2.01 bits per heavy atom. The predicted octanol–water partition coefficient (Wildman–Crippen LogP) is 7.12. The molecule has 4 bridgehead atoms. The monoisotopic (exact) mass is 964 g/mol. The highest BCUT2D eigenvalue weighted by atomic mass is 35.5. The van der Waals surface area contributed by atoms with Crippen molar-refractivity contribution in [2.75, 3.05) is 20.6 Å². The van der Waals surface area contributed by atoms with Gasteiger partial charge in [0.25, 0.3) is 0 Å². The summed E-state index contributed by atoms with van der Waals surface area (Å²) in [5.41, 5.74) is 8.96. The number of ketones is 4. The molecule has 0 aliphatic carbocycles. The topological polar surface area (TPSA) is 242 Å². The van der Waals surface area contributed by atoms with Gasteiger partial charge in [-0.1, -0.05) is 80.4 Å². The van der Waals surface area contributed by atoms with E-state index >= 15 is 0 Å². The fourth-order valence-electron chi connectivity index (χ4n) is 8.85. The molecule has 4 aromatic rings. The standard InChI is InChI=1S/C53H61ClN4O11/c1-30-24-48(64)50(58(5)53(69)38(8-6-7-23-55)29-46(62)36-12-10-34(11-13-36)35-14-17-39(54)18-15-35)37-16-21-45(61)41(28-37)40-26-33(9-20-44(40)60)27-42(56-51(30)67)47(63)25-31(2)52(68)57(4)43(32(3)59)19-22-49(65)66/h9-18,20-21,26,28,30-31,38,42-43,50,60-61H,6-8,19,22-25,27,29,55H2,1-5H3,(H,56,67)(H,65,66)/t30-,31-,38-,42+,43+,50+/m1/s1. The summed E-state index contributed by atoms with van der Waals surface area (Å²) in [7, 11) is 2.81. The Bertz CT molecular complexity index is 2560. The Balaban J connectivity index is 1.46. The maximum Gasteiger partial charge on any atom is 0.303 e. The molecule has 4 aromatic carbocycles. The largest absolute Gasteiger partial charge is 0.507 e. The number of benzene rings is 4. The smallest absolute Gasteiger partial charge is 0.303 e. The summed E-state index contributed by atoms with van der Waals surface area (Å²) in [6, 6.07) is 19.5. The van der Waals surface area contributed by atoms with Gasteiger partial charge in [0.15, 0.2) is 23.1 Å². The molecule has 16 heteroatoms. The number of amides is 3. The molecule has 15 nitrogen and oxygen atoms in total. The maximum atomic E-state index is 14.7. The van der Waals surface area contributed by atoms with E-state index in [2.05, 4.69) is 5.32 Å². The van der Waals surface area contributed by atoms with E-state index in [1.807, 2.05) is 24.3 Å². The van der Waals surface area contributed by atoms with Gasteiger partial charge >= 0.3 is 5.97 Å². The quantitative estimate of drug-likeness (QED) is 0.0466. The van der Waals surface area contributed by atoms with Gasteiger partial charge in [-0.2, -0.15) is 0 Å². The number of aromatic hydroxyl groups is 2. The highest BCUT2D eigenvalue weighted by Crippen LogP contribution is 2.40. The molecule has 6 atom stereocenters. The van der Waals surface area contributed by atoms with Crippen molar-refractivity contribution in [1.29, 1.82) is 0 Å². The Morgan fingerprint density at radius 1 is 0.797 bits per heavy atom. The molecule has 1 aliphatic rings. The lowest BCUT2D eigenvalue weighted by Gasteiger charge is -2.32. The van der Waals surface area contributed by atoms with Crippen LogP contribution in [0.1, 0.15) is 99.7 Å². The van der Waals surface area contributed by atoms with E-state index in [9.17, 15) is 53.7 Å². The number of Topliss-reactive ketones (excluding diaryl/α,β-unsaturated/α-hetero) is 4. The number of hydrogen-bond acceptors (Lipinski definition) is 11. The highest BCUT2D eigenvalue weighted by molar-refractivity contribution is 6.30. The molecule has 0 saturated carbocycles. The second kappa shape index (κ2) is 24.0. The average Bonchev–Trinajstić information content (AvgIpc) is 3.31. The van der Waals surface area contributed by atoms with E-state index in [1.165, 1.54) is 70.1 Å². The van der Waals surface area contributed by atoms with Gasteiger partial charge in [0.1, 0.15) is 17.5 Å². The van der Waals surface area contributed by atoms with E-state index in [0.717, 1.165) is 16.0 Å². The molecule has 0 unspecified atom stereocenters. The number of unbranched alkanes of at least 4 members (excludes halogenated alkanes) is 1. The van der Waals surface area contributed by atoms with Crippen molar-refractivity contribution in [3.63, 3.8) is 0 Å². The van der Waals surface area contributed by atoms with Gasteiger partial charge in [-0.15, -0.1) is 0 Å². The van der Waals surface area contributed by atoms with E-state index in [-0.39, 0.29) is 72.5 Å². The van der Waals surface area contributed by atoms with Crippen LogP contribution >= 0.6 is 11.6 Å². The van der Waals surface area contributed by atoms with Crippen molar-refractivity contribution in [3.8, 4) is 33.8 Å². The minimum Gasteiger partial charge on any atom is -0.507 e. The fraction of sp³-hybridized carbons (Fsp3) is 0.396. The van der Waals surface area contributed by atoms with Gasteiger partial charge in [-0.25, -0.2) is 0 Å². The molecule has 0 fully saturated rings. The molecule has 0 saturated heterocycles. The van der Waals surface area contributed by atoms with Crippen molar-refractivity contribution in [2.24, 2.45) is 23.5 Å². The van der Waals surface area contributed by atoms with Crippen molar-refractivity contribution >= 4 is 58.4 Å². The zero-order valence-electron chi connectivity index (χ0n) is 39.6. The highest BCUT2D eigenvalue weighted by Gasteiger charge is 2.37. The number of carboxylic acids is 1. The molecular formula is C53H61ClN4O11. The number of nitrogens with two attached hydrogens (primary N) is 1. The third-order valence-electron chi connectivity index (χ3n) is 12.8. The molecular weight excluding hydrogens is 904 g/mol. The normalized spacial score (nSPS) is 17.3. The van der Waals surface area contributed by atoms with Gasteiger partial charge in [-0.3, -0.25) is 38.4 Å². The number of rotatable bonds is 19. The third-order valence-corrected chi connectivity index (χ3v) is 13.1. The first-order valence-electron chi connectivity index (χ1n) is 23.1. The van der Waals surface area contributed by atoms with Crippen LogP contribution in [0.25, 0.3) is 22.3 Å². The summed E-state index contributed by atoms with van der Waals surface area (Å²) >= 11 is 6.06. The van der Waals surface area contributed by atoms with Crippen LogP contribution in [0.5, 0.6) is 11.5 Å². The van der Waals surface area contributed by atoms with Crippen molar-refractivity contribution in [1.82, 2.24) is 15.1 Å². The Labute approximate surface area is 407 Å². The minimum atomic E-state index is -1.33. The minimum absolute atomic E-state index is 0.110. The first-order chi connectivity index (χ1) is 32.7. The lowest BCUT2D eigenvalue weighted by atomic mass is 9.87. The number of nitrogens with zero attached hydrogens (tertiary/aromatic N) is 2. The van der Waals surface area contributed by atoms with Crippen LogP contribution in [-0.2, 0) is 40.0 Å². The number of phenolic OH excluding ortho intramolecular Hbond substituents is 2. The molecule has 5 rings (SSSR count). The number of carboxylic acid groups (broad SMARTS) is 1. The van der Waals surface area contributed by atoms with Gasteiger partial charge in [-0.05, 0) is 97.8 Å². The van der Waals surface area contributed by atoms with Gasteiger partial charge < -0.3 is 36.2 Å². The number of hydrogen-bond donors (Lipinski definition) is 5. The summed E-state index contributed by atoms with van der Waals surface area (Å²) in [6.07, 6.45) is -0.144. The molecule has 1 aliphatic heterocycles. The van der Waals surface area contributed by atoms with Crippen LogP contribution in [0.4, 0.5) is 0 Å². The predicted molar refractivity (Wildman–Crippen MR) is 260 cm³/mol. The second-order valence-corrected chi connectivity index (χ2v) is 18.5. The number of halogens is 1. The van der Waals surface area contributed by atoms with Crippen LogP contribution in [0.2, 0.25) is 5.02 Å². The Kier molecular flexibility index (Phi) is 18.5. The van der Waals surface area contributed by atoms with Gasteiger partial charge in [0.2, 0.25) is 17.7 Å². The number of carbonyl (C=O) groups is 8.